The first-order chi connectivity index (χ1) is 34.1. The Balaban J connectivity index is 3.33. The van der Waals surface area contributed by atoms with Crippen molar-refractivity contribution in [1.82, 2.24) is 0 Å². The van der Waals surface area contributed by atoms with E-state index in [0.29, 0.717) is 12.8 Å². The van der Waals surface area contributed by atoms with Crippen LogP contribution in [0.5, 0.6) is 0 Å². The highest BCUT2D eigenvalue weighted by molar-refractivity contribution is 5.70. The fraction of sp³-hybridized carbons (Fsp3) is 0.969. The topological polar surface area (TPSA) is 72.8 Å². The van der Waals surface area contributed by atoms with Crippen LogP contribution in [-0.2, 0) is 19.1 Å². The second kappa shape index (κ2) is 61.2. The Morgan fingerprint density at radius 1 is 0.275 bits per heavy atom. The van der Waals surface area contributed by atoms with Crippen LogP contribution in [0.3, 0.4) is 0 Å². The zero-order chi connectivity index (χ0) is 49.9. The van der Waals surface area contributed by atoms with E-state index in [2.05, 4.69) is 13.8 Å². The van der Waals surface area contributed by atoms with E-state index in [9.17, 15) is 14.7 Å². The standard InChI is InChI=1S/C64H126O5/c1-3-5-7-9-11-13-15-17-19-21-23-24-25-26-27-28-29-30-31-32-33-34-35-36-37-38-39-40-41-43-45-47-49-51-53-55-57-59-64(67)69-62(60-65)61-68-63(66)58-56-54-52-50-48-46-44-42-22-20-18-16-14-12-10-8-6-4-2/h62,65H,3-61H2,1-2H3. The van der Waals surface area contributed by atoms with Gasteiger partial charge in [0.25, 0.3) is 0 Å². The van der Waals surface area contributed by atoms with Crippen LogP contribution in [0.15, 0.2) is 0 Å². The Bertz CT molecular complexity index is 968. The third-order valence-corrected chi connectivity index (χ3v) is 15.2. The number of aliphatic hydroxyl groups excluding tert-OH is 1. The molecule has 0 aliphatic rings. The number of esters is 2. The van der Waals surface area contributed by atoms with Gasteiger partial charge in [-0.3, -0.25) is 9.59 Å². The molecule has 1 unspecified atom stereocenters. The number of carbonyl (C=O) groups is 2. The summed E-state index contributed by atoms with van der Waals surface area (Å²) in [5.74, 6) is -0.562. The Morgan fingerprint density at radius 3 is 0.638 bits per heavy atom. The van der Waals surface area contributed by atoms with Crippen LogP contribution in [0.25, 0.3) is 0 Å². The van der Waals surface area contributed by atoms with Gasteiger partial charge in [0.15, 0.2) is 6.10 Å². The van der Waals surface area contributed by atoms with Crippen molar-refractivity contribution in [1.29, 1.82) is 0 Å². The fourth-order valence-electron chi connectivity index (χ4n) is 10.3. The Kier molecular flexibility index (Phi) is 60.2. The lowest BCUT2D eigenvalue weighted by Crippen LogP contribution is -2.28. The molecule has 1 atom stereocenters. The molecule has 1 N–H and O–H groups in total. The van der Waals surface area contributed by atoms with E-state index in [4.69, 9.17) is 9.47 Å². The van der Waals surface area contributed by atoms with Gasteiger partial charge in [0.05, 0.1) is 6.61 Å². The highest BCUT2D eigenvalue weighted by Crippen LogP contribution is 2.19. The number of hydrogen-bond acceptors (Lipinski definition) is 5. The molecule has 0 bridgehead atoms. The summed E-state index contributed by atoms with van der Waals surface area (Å²) in [4.78, 5) is 24.5. The van der Waals surface area contributed by atoms with Gasteiger partial charge in [-0.05, 0) is 12.8 Å². The molecule has 0 spiro atoms. The van der Waals surface area contributed by atoms with Crippen molar-refractivity contribution in [2.75, 3.05) is 13.2 Å². The second-order valence-electron chi connectivity index (χ2n) is 22.2. The lowest BCUT2D eigenvalue weighted by molar-refractivity contribution is -0.161. The number of hydrogen-bond donors (Lipinski definition) is 1. The van der Waals surface area contributed by atoms with Crippen molar-refractivity contribution in [3.8, 4) is 0 Å². The summed E-state index contributed by atoms with van der Waals surface area (Å²) in [5.41, 5.74) is 0. The summed E-state index contributed by atoms with van der Waals surface area (Å²) < 4.78 is 10.7. The van der Waals surface area contributed by atoms with E-state index in [-0.39, 0.29) is 25.2 Å². The van der Waals surface area contributed by atoms with Crippen LogP contribution in [-0.4, -0.2) is 36.4 Å². The minimum atomic E-state index is -0.764. The first kappa shape index (κ1) is 67.9. The molecule has 0 aromatic rings. The lowest BCUT2D eigenvalue weighted by atomic mass is 10.0. The molecule has 412 valence electrons. The molecular weight excluding hydrogens is 849 g/mol. The van der Waals surface area contributed by atoms with Crippen LogP contribution in [0.4, 0.5) is 0 Å². The Morgan fingerprint density at radius 2 is 0.449 bits per heavy atom. The minimum absolute atomic E-state index is 0.0557. The van der Waals surface area contributed by atoms with Crippen molar-refractivity contribution in [2.24, 2.45) is 0 Å². The largest absolute Gasteiger partial charge is 0.462 e. The summed E-state index contributed by atoms with van der Waals surface area (Å²) in [7, 11) is 0. The van der Waals surface area contributed by atoms with E-state index < -0.39 is 6.10 Å². The van der Waals surface area contributed by atoms with E-state index in [0.717, 1.165) is 32.1 Å². The maximum Gasteiger partial charge on any atom is 0.306 e. The number of rotatable bonds is 61. The van der Waals surface area contributed by atoms with Gasteiger partial charge in [-0.15, -0.1) is 0 Å². The molecule has 69 heavy (non-hydrogen) atoms. The maximum atomic E-state index is 12.3. The molecule has 0 amide bonds. The highest BCUT2D eigenvalue weighted by Gasteiger charge is 2.16. The molecule has 0 radical (unpaired) electrons. The van der Waals surface area contributed by atoms with Gasteiger partial charge in [0, 0.05) is 12.8 Å². The predicted octanol–water partition coefficient (Wildman–Crippen LogP) is 21.7. The van der Waals surface area contributed by atoms with E-state index in [1.165, 1.54) is 321 Å². The molecule has 0 rings (SSSR count). The van der Waals surface area contributed by atoms with Crippen LogP contribution in [0, 0.1) is 0 Å². The fourth-order valence-corrected chi connectivity index (χ4v) is 10.3. The molecule has 0 aromatic carbocycles. The smallest absolute Gasteiger partial charge is 0.306 e. The van der Waals surface area contributed by atoms with Crippen molar-refractivity contribution in [3.05, 3.63) is 0 Å². The van der Waals surface area contributed by atoms with Crippen LogP contribution in [0.1, 0.15) is 380 Å². The van der Waals surface area contributed by atoms with Gasteiger partial charge in [0.2, 0.25) is 0 Å². The van der Waals surface area contributed by atoms with E-state index >= 15 is 0 Å². The summed E-state index contributed by atoms with van der Waals surface area (Å²) in [6.07, 6.45) is 75.6. The van der Waals surface area contributed by atoms with E-state index in [1.54, 1.807) is 0 Å². The molecule has 0 saturated carbocycles. The average Bonchev–Trinajstić information content (AvgIpc) is 3.35. The number of aliphatic hydroxyl groups is 1. The van der Waals surface area contributed by atoms with Crippen LogP contribution >= 0.6 is 0 Å². The summed E-state index contributed by atoms with van der Waals surface area (Å²) in [6, 6.07) is 0. The molecule has 5 heteroatoms. The number of carbonyl (C=O) groups excluding carboxylic acids is 2. The molecule has 0 fully saturated rings. The highest BCUT2D eigenvalue weighted by atomic mass is 16.6. The van der Waals surface area contributed by atoms with Crippen molar-refractivity contribution >= 4 is 11.9 Å². The molecule has 0 saturated heterocycles. The third kappa shape index (κ3) is 59.4. The summed E-state index contributed by atoms with van der Waals surface area (Å²) in [6.45, 7) is 4.21. The summed E-state index contributed by atoms with van der Waals surface area (Å²) >= 11 is 0. The van der Waals surface area contributed by atoms with Crippen LogP contribution in [0.2, 0.25) is 0 Å². The average molecular weight is 976 g/mol. The molecule has 0 aliphatic heterocycles. The third-order valence-electron chi connectivity index (χ3n) is 15.2. The SMILES string of the molecule is CCCCCCCCCCCCCCCCCCCCCCCCCCCCCCCCCCCCCCCC(=O)OC(CO)COC(=O)CCCCCCCCCCCCCCCCCCCC. The molecule has 5 nitrogen and oxygen atoms in total. The first-order valence-electron chi connectivity index (χ1n) is 32.1. The summed E-state index contributed by atoms with van der Waals surface area (Å²) in [5, 5.41) is 9.66. The van der Waals surface area contributed by atoms with Gasteiger partial charge in [-0.2, -0.15) is 0 Å². The zero-order valence-corrected chi connectivity index (χ0v) is 47.4. The predicted molar refractivity (Wildman–Crippen MR) is 302 cm³/mol. The van der Waals surface area contributed by atoms with Gasteiger partial charge in [0.1, 0.15) is 6.61 Å². The maximum absolute atomic E-state index is 12.3. The van der Waals surface area contributed by atoms with Crippen molar-refractivity contribution in [3.63, 3.8) is 0 Å². The normalized spacial score (nSPS) is 12.0. The Hall–Kier alpha value is -1.10. The van der Waals surface area contributed by atoms with Gasteiger partial charge in [-0.25, -0.2) is 0 Å². The molecular formula is C64H126O5. The number of unbranched alkanes of at least 4 members (excludes halogenated alkanes) is 53. The quantitative estimate of drug-likeness (QED) is 0.0486. The van der Waals surface area contributed by atoms with Crippen molar-refractivity contribution < 1.29 is 24.2 Å². The minimum Gasteiger partial charge on any atom is -0.462 e. The molecule has 0 aliphatic carbocycles. The van der Waals surface area contributed by atoms with Crippen LogP contribution < -0.4 is 0 Å². The van der Waals surface area contributed by atoms with Gasteiger partial charge in [-0.1, -0.05) is 354 Å². The molecule has 0 heterocycles. The second-order valence-corrected chi connectivity index (χ2v) is 22.2. The Labute approximate surface area is 433 Å². The first-order valence-corrected chi connectivity index (χ1v) is 32.1. The van der Waals surface area contributed by atoms with Gasteiger partial charge < -0.3 is 14.6 Å². The van der Waals surface area contributed by atoms with Gasteiger partial charge >= 0.3 is 11.9 Å². The molecule has 0 aromatic heterocycles. The zero-order valence-electron chi connectivity index (χ0n) is 47.4. The monoisotopic (exact) mass is 975 g/mol. The lowest BCUT2D eigenvalue weighted by Gasteiger charge is -2.15. The van der Waals surface area contributed by atoms with E-state index in [1.807, 2.05) is 0 Å². The van der Waals surface area contributed by atoms with Crippen molar-refractivity contribution in [2.45, 2.75) is 386 Å². The number of ether oxygens (including phenoxy) is 2.